The van der Waals surface area contributed by atoms with Crippen LogP contribution in [0.1, 0.15) is 69.1 Å². The summed E-state index contributed by atoms with van der Waals surface area (Å²) in [5.41, 5.74) is 8.10. The molecule has 0 saturated carbocycles. The zero-order valence-electron chi connectivity index (χ0n) is 30.9. The molecule has 0 bridgehead atoms. The molecule has 6 aromatic rings. The Bertz CT molecular complexity index is 2180. The molecule has 0 aromatic heterocycles. The first-order valence-electron chi connectivity index (χ1n) is 19.4. The van der Waals surface area contributed by atoms with Crippen LogP contribution >= 0.6 is 0 Å². The molecule has 6 aromatic carbocycles. The smallest absolute Gasteiger partial charge is 0.178 e. The van der Waals surface area contributed by atoms with Gasteiger partial charge in [0.1, 0.15) is 17.2 Å². The first-order chi connectivity index (χ1) is 26.0. The minimum absolute atomic E-state index is 0.269. The molecular formula is C49H49NO3. The van der Waals surface area contributed by atoms with Gasteiger partial charge in [-0.1, -0.05) is 118 Å². The van der Waals surface area contributed by atoms with Gasteiger partial charge >= 0.3 is 0 Å². The third-order valence-corrected chi connectivity index (χ3v) is 11.2. The average Bonchev–Trinajstić information content (AvgIpc) is 3.21. The standard InChI is InChI=1S/C49H49NO3/c1-3-4-5-8-33-52-43-25-19-40(20-26-43)49(39-17-21-41(22-18-39)50-31-28-35(2)29-32-50)30-27-46-44-9-6-7-10-45(44)47(34-48(46)53-49)38-13-11-36(12-14-38)37-15-23-42(51)24-16-37/h6-7,9-27,30,34-35,51H,3-5,8,28-29,31-33H2,1-2H3. The number of rotatable bonds is 11. The highest BCUT2D eigenvalue weighted by Crippen LogP contribution is 2.47. The molecular weight excluding hydrogens is 651 g/mol. The van der Waals surface area contributed by atoms with Gasteiger partial charge in [-0.2, -0.15) is 0 Å². The number of nitrogens with zero attached hydrogens (tertiary/aromatic N) is 1. The monoisotopic (exact) mass is 699 g/mol. The third kappa shape index (κ3) is 7.15. The van der Waals surface area contributed by atoms with E-state index in [1.807, 2.05) is 12.1 Å². The van der Waals surface area contributed by atoms with Gasteiger partial charge in [-0.3, -0.25) is 0 Å². The molecule has 2 aliphatic rings. The van der Waals surface area contributed by atoms with Gasteiger partial charge in [0.25, 0.3) is 0 Å². The van der Waals surface area contributed by atoms with Crippen molar-refractivity contribution in [3.63, 3.8) is 0 Å². The van der Waals surface area contributed by atoms with E-state index in [1.54, 1.807) is 12.1 Å². The molecule has 268 valence electrons. The Morgan fingerprint density at radius 1 is 0.717 bits per heavy atom. The molecule has 2 aliphatic heterocycles. The predicted octanol–water partition coefficient (Wildman–Crippen LogP) is 12.4. The number of anilines is 1. The van der Waals surface area contributed by atoms with Gasteiger partial charge in [0.2, 0.25) is 0 Å². The van der Waals surface area contributed by atoms with Crippen molar-refractivity contribution in [2.24, 2.45) is 5.92 Å². The van der Waals surface area contributed by atoms with Crippen LogP contribution in [0.25, 0.3) is 39.1 Å². The summed E-state index contributed by atoms with van der Waals surface area (Å²) in [5.74, 6) is 2.80. The first kappa shape index (κ1) is 34.6. The topological polar surface area (TPSA) is 41.9 Å². The number of hydrogen-bond acceptors (Lipinski definition) is 4. The summed E-state index contributed by atoms with van der Waals surface area (Å²) in [4.78, 5) is 2.52. The van der Waals surface area contributed by atoms with E-state index in [4.69, 9.17) is 9.47 Å². The van der Waals surface area contributed by atoms with E-state index in [0.717, 1.165) is 87.9 Å². The SMILES string of the molecule is CCCCCCOc1ccc(C2(c3ccc(N4CCC(C)CC4)cc3)C=Cc3c(cc(-c4ccc(-c5ccc(O)cc5)cc4)c4ccccc34)O2)cc1. The average molecular weight is 700 g/mol. The number of benzene rings is 6. The van der Waals surface area contributed by atoms with Gasteiger partial charge in [-0.15, -0.1) is 0 Å². The third-order valence-electron chi connectivity index (χ3n) is 11.2. The summed E-state index contributed by atoms with van der Waals surface area (Å²) in [6, 6.07) is 44.4. The summed E-state index contributed by atoms with van der Waals surface area (Å²) in [6.07, 6.45) is 11.7. The minimum Gasteiger partial charge on any atom is -0.508 e. The minimum atomic E-state index is -0.829. The van der Waals surface area contributed by atoms with Gasteiger partial charge in [0.05, 0.1) is 6.61 Å². The van der Waals surface area contributed by atoms with Crippen LogP contribution in [-0.4, -0.2) is 24.8 Å². The van der Waals surface area contributed by atoms with Gasteiger partial charge in [-0.05, 0) is 113 Å². The van der Waals surface area contributed by atoms with E-state index < -0.39 is 5.60 Å². The maximum atomic E-state index is 9.79. The number of aromatic hydroxyl groups is 1. The molecule has 0 aliphatic carbocycles. The molecule has 1 saturated heterocycles. The van der Waals surface area contributed by atoms with Crippen molar-refractivity contribution in [1.82, 2.24) is 0 Å². The Labute approximate surface area is 314 Å². The Morgan fingerprint density at radius 2 is 1.34 bits per heavy atom. The van der Waals surface area contributed by atoms with E-state index in [9.17, 15) is 5.11 Å². The number of hydrogen-bond donors (Lipinski definition) is 1. The second kappa shape index (κ2) is 15.2. The lowest BCUT2D eigenvalue weighted by molar-refractivity contribution is 0.161. The number of phenolic OH excluding ortho intramolecular Hbond substituents is 1. The molecule has 2 heterocycles. The van der Waals surface area contributed by atoms with Crippen molar-refractivity contribution in [2.75, 3.05) is 24.6 Å². The summed E-state index contributed by atoms with van der Waals surface area (Å²) in [5, 5.41) is 12.1. The van der Waals surface area contributed by atoms with Crippen molar-refractivity contribution >= 4 is 22.5 Å². The largest absolute Gasteiger partial charge is 0.508 e. The molecule has 1 N–H and O–H groups in total. The normalized spacial score (nSPS) is 17.1. The zero-order valence-corrected chi connectivity index (χ0v) is 30.9. The molecule has 0 amide bonds. The van der Waals surface area contributed by atoms with E-state index in [2.05, 4.69) is 134 Å². The number of phenols is 1. The second-order valence-electron chi connectivity index (χ2n) is 14.8. The maximum absolute atomic E-state index is 9.79. The highest BCUT2D eigenvalue weighted by molar-refractivity contribution is 6.03. The summed E-state index contributed by atoms with van der Waals surface area (Å²) in [7, 11) is 0. The molecule has 0 radical (unpaired) electrons. The van der Waals surface area contributed by atoms with Crippen LogP contribution in [-0.2, 0) is 5.60 Å². The van der Waals surface area contributed by atoms with Crippen LogP contribution in [0.4, 0.5) is 5.69 Å². The fourth-order valence-electron chi connectivity index (χ4n) is 7.95. The van der Waals surface area contributed by atoms with Crippen molar-refractivity contribution in [2.45, 2.75) is 58.0 Å². The van der Waals surface area contributed by atoms with Gasteiger partial charge < -0.3 is 19.5 Å². The quantitative estimate of drug-likeness (QED) is 0.137. The summed E-state index contributed by atoms with van der Waals surface area (Å²) in [6.45, 7) is 7.52. The molecule has 4 heteroatoms. The van der Waals surface area contributed by atoms with Crippen LogP contribution in [0, 0.1) is 5.92 Å². The molecule has 0 spiro atoms. The van der Waals surface area contributed by atoms with Crippen LogP contribution in [0.15, 0.2) is 133 Å². The maximum Gasteiger partial charge on any atom is 0.178 e. The fraction of sp³-hybridized carbons (Fsp3) is 0.265. The Balaban J connectivity index is 1.17. The molecule has 1 unspecified atom stereocenters. The lowest BCUT2D eigenvalue weighted by atomic mass is 9.82. The zero-order chi connectivity index (χ0) is 36.2. The molecule has 8 rings (SSSR count). The van der Waals surface area contributed by atoms with Crippen LogP contribution in [0.2, 0.25) is 0 Å². The molecule has 1 atom stereocenters. The number of ether oxygens (including phenoxy) is 2. The van der Waals surface area contributed by atoms with Crippen molar-refractivity contribution in [3.8, 4) is 39.5 Å². The Hall–Kier alpha value is -5.48. The number of piperidine rings is 1. The van der Waals surface area contributed by atoms with Crippen molar-refractivity contribution < 1.29 is 14.6 Å². The number of unbranched alkanes of at least 4 members (excludes halogenated alkanes) is 3. The van der Waals surface area contributed by atoms with E-state index in [1.165, 1.54) is 43.2 Å². The van der Waals surface area contributed by atoms with E-state index >= 15 is 0 Å². The predicted molar refractivity (Wildman–Crippen MR) is 220 cm³/mol. The Morgan fingerprint density at radius 3 is 2.02 bits per heavy atom. The fourth-order valence-corrected chi connectivity index (χ4v) is 7.95. The number of fused-ring (bicyclic) bond motifs is 3. The lowest BCUT2D eigenvalue weighted by Gasteiger charge is -2.37. The highest BCUT2D eigenvalue weighted by Gasteiger charge is 2.38. The van der Waals surface area contributed by atoms with Crippen LogP contribution < -0.4 is 14.4 Å². The van der Waals surface area contributed by atoms with Crippen molar-refractivity contribution in [1.29, 1.82) is 0 Å². The van der Waals surface area contributed by atoms with Gasteiger partial charge in [0.15, 0.2) is 5.60 Å². The molecule has 4 nitrogen and oxygen atoms in total. The lowest BCUT2D eigenvalue weighted by Crippen LogP contribution is -2.35. The molecule has 53 heavy (non-hydrogen) atoms. The first-order valence-corrected chi connectivity index (χ1v) is 19.4. The Kier molecular flexibility index (Phi) is 9.95. The summed E-state index contributed by atoms with van der Waals surface area (Å²) >= 11 is 0. The van der Waals surface area contributed by atoms with Gasteiger partial charge in [-0.25, -0.2) is 0 Å². The van der Waals surface area contributed by atoms with E-state index in [0.29, 0.717) is 0 Å². The summed E-state index contributed by atoms with van der Waals surface area (Å²) < 4.78 is 13.5. The molecule has 1 fully saturated rings. The van der Waals surface area contributed by atoms with Crippen LogP contribution in [0.3, 0.4) is 0 Å². The second-order valence-corrected chi connectivity index (χ2v) is 14.8. The van der Waals surface area contributed by atoms with Gasteiger partial charge in [0, 0.05) is 35.5 Å². The van der Waals surface area contributed by atoms with E-state index in [-0.39, 0.29) is 5.75 Å². The van der Waals surface area contributed by atoms with Crippen molar-refractivity contribution in [3.05, 3.63) is 150 Å². The van der Waals surface area contributed by atoms with Crippen LogP contribution in [0.5, 0.6) is 17.2 Å². The highest BCUT2D eigenvalue weighted by atomic mass is 16.5.